The van der Waals surface area contributed by atoms with Crippen LogP contribution < -0.4 is 10.6 Å². The largest absolute Gasteiger partial charge is 0.350 e. The van der Waals surface area contributed by atoms with Crippen LogP contribution in [0.25, 0.3) is 0 Å². The number of urea groups is 1. The summed E-state index contributed by atoms with van der Waals surface area (Å²) in [6.07, 6.45) is 0. The van der Waals surface area contributed by atoms with E-state index in [9.17, 15) is 14.4 Å². The Balaban J connectivity index is 1.66. The van der Waals surface area contributed by atoms with E-state index in [4.69, 9.17) is 0 Å². The summed E-state index contributed by atoms with van der Waals surface area (Å²) < 4.78 is 0. The number of amides is 4. The van der Waals surface area contributed by atoms with E-state index in [1.165, 1.54) is 0 Å². The molecule has 1 heterocycles. The maximum Gasteiger partial charge on any atom is 0.325 e. The van der Waals surface area contributed by atoms with Crippen molar-refractivity contribution in [3.63, 3.8) is 0 Å². The molecule has 1 fully saturated rings. The quantitative estimate of drug-likeness (QED) is 0.740. The fraction of sp³-hybridized carbons (Fsp3) is 0.348. The van der Waals surface area contributed by atoms with Crippen molar-refractivity contribution in [3.05, 3.63) is 70.8 Å². The summed E-state index contributed by atoms with van der Waals surface area (Å²) in [5.41, 5.74) is 2.77. The number of rotatable bonds is 6. The molecule has 2 N–H and O–H groups in total. The summed E-state index contributed by atoms with van der Waals surface area (Å²) in [4.78, 5) is 38.7. The SMILES string of the molecule is Cc1ccc(CNC(=O)CN2C(=O)NC(C)(c3ccc(C(C)C)cc3)C2=O)cc1. The van der Waals surface area contributed by atoms with E-state index in [-0.39, 0.29) is 12.5 Å². The minimum Gasteiger partial charge on any atom is -0.350 e. The van der Waals surface area contributed by atoms with Crippen molar-refractivity contribution in [2.24, 2.45) is 0 Å². The molecule has 0 radical (unpaired) electrons. The molecular weight excluding hydrogens is 366 g/mol. The maximum absolute atomic E-state index is 13.0. The van der Waals surface area contributed by atoms with Crippen molar-refractivity contribution in [1.82, 2.24) is 15.5 Å². The summed E-state index contributed by atoms with van der Waals surface area (Å²) in [5, 5.41) is 5.50. The van der Waals surface area contributed by atoms with Gasteiger partial charge in [0.25, 0.3) is 5.91 Å². The molecule has 0 saturated carbocycles. The molecule has 2 aromatic carbocycles. The average molecular weight is 393 g/mol. The van der Waals surface area contributed by atoms with Gasteiger partial charge in [-0.2, -0.15) is 0 Å². The monoisotopic (exact) mass is 393 g/mol. The average Bonchev–Trinajstić information content (AvgIpc) is 2.91. The first kappa shape index (κ1) is 20.6. The van der Waals surface area contributed by atoms with Crippen LogP contribution in [0.4, 0.5) is 4.79 Å². The first-order valence-corrected chi connectivity index (χ1v) is 9.77. The third-order valence-electron chi connectivity index (χ3n) is 5.34. The van der Waals surface area contributed by atoms with Crippen molar-refractivity contribution < 1.29 is 14.4 Å². The predicted octanol–water partition coefficient (Wildman–Crippen LogP) is 3.20. The van der Waals surface area contributed by atoms with E-state index < -0.39 is 17.5 Å². The van der Waals surface area contributed by atoms with Crippen molar-refractivity contribution in [2.75, 3.05) is 6.54 Å². The number of benzene rings is 2. The Bertz CT molecular complexity index is 919. The van der Waals surface area contributed by atoms with Gasteiger partial charge in [0.15, 0.2) is 0 Å². The molecule has 3 rings (SSSR count). The second-order valence-corrected chi connectivity index (χ2v) is 7.99. The van der Waals surface area contributed by atoms with E-state index in [2.05, 4.69) is 24.5 Å². The summed E-state index contributed by atoms with van der Waals surface area (Å²) in [6, 6.07) is 14.9. The summed E-state index contributed by atoms with van der Waals surface area (Å²) in [5.74, 6) is -0.432. The van der Waals surface area contributed by atoms with Gasteiger partial charge in [-0.3, -0.25) is 14.5 Å². The zero-order chi connectivity index (χ0) is 21.2. The van der Waals surface area contributed by atoms with Gasteiger partial charge in [-0.25, -0.2) is 4.79 Å². The summed E-state index contributed by atoms with van der Waals surface area (Å²) >= 11 is 0. The maximum atomic E-state index is 13.0. The molecule has 1 unspecified atom stereocenters. The van der Waals surface area contributed by atoms with E-state index in [0.717, 1.165) is 21.6 Å². The highest BCUT2D eigenvalue weighted by Crippen LogP contribution is 2.29. The fourth-order valence-electron chi connectivity index (χ4n) is 3.34. The lowest BCUT2D eigenvalue weighted by molar-refractivity contribution is -0.134. The zero-order valence-corrected chi connectivity index (χ0v) is 17.3. The fourth-order valence-corrected chi connectivity index (χ4v) is 3.34. The highest BCUT2D eigenvalue weighted by atomic mass is 16.2. The van der Waals surface area contributed by atoms with E-state index >= 15 is 0 Å². The van der Waals surface area contributed by atoms with Crippen LogP contribution in [0, 0.1) is 6.92 Å². The molecule has 6 nitrogen and oxygen atoms in total. The minimum absolute atomic E-state index is 0.309. The summed E-state index contributed by atoms with van der Waals surface area (Å²) in [6.45, 7) is 7.88. The minimum atomic E-state index is -1.18. The predicted molar refractivity (Wildman–Crippen MR) is 111 cm³/mol. The van der Waals surface area contributed by atoms with Gasteiger partial charge in [-0.05, 0) is 36.5 Å². The lowest BCUT2D eigenvalue weighted by atomic mass is 9.90. The van der Waals surface area contributed by atoms with Crippen LogP contribution in [0.1, 0.15) is 48.9 Å². The van der Waals surface area contributed by atoms with Crippen molar-refractivity contribution in [3.8, 4) is 0 Å². The van der Waals surface area contributed by atoms with E-state index in [0.29, 0.717) is 18.0 Å². The van der Waals surface area contributed by atoms with Crippen LogP contribution in [-0.4, -0.2) is 29.3 Å². The Morgan fingerprint density at radius 1 is 1.07 bits per heavy atom. The van der Waals surface area contributed by atoms with Crippen LogP contribution in [-0.2, 0) is 21.7 Å². The second kappa shape index (κ2) is 8.07. The highest BCUT2D eigenvalue weighted by molar-refractivity contribution is 6.09. The Morgan fingerprint density at radius 3 is 2.28 bits per heavy atom. The molecule has 0 aliphatic carbocycles. The molecule has 1 saturated heterocycles. The lowest BCUT2D eigenvalue weighted by Crippen LogP contribution is -2.43. The molecule has 1 aliphatic rings. The molecule has 1 atom stereocenters. The third-order valence-corrected chi connectivity index (χ3v) is 5.34. The standard InChI is InChI=1S/C23H27N3O3/c1-15(2)18-9-11-19(12-10-18)23(4)21(28)26(22(29)25-23)14-20(27)24-13-17-7-5-16(3)6-8-17/h5-12,15H,13-14H2,1-4H3,(H,24,27)(H,25,29). The molecule has 0 aromatic heterocycles. The number of aryl methyl sites for hydroxylation is 1. The van der Waals surface area contributed by atoms with Crippen LogP contribution in [0.2, 0.25) is 0 Å². The van der Waals surface area contributed by atoms with Gasteiger partial charge < -0.3 is 10.6 Å². The first-order valence-electron chi connectivity index (χ1n) is 9.77. The molecule has 1 aliphatic heterocycles. The van der Waals surface area contributed by atoms with Gasteiger partial charge in [-0.15, -0.1) is 0 Å². The zero-order valence-electron chi connectivity index (χ0n) is 17.3. The molecule has 6 heteroatoms. The molecule has 2 aromatic rings. The molecular formula is C23H27N3O3. The van der Waals surface area contributed by atoms with Gasteiger partial charge in [0.1, 0.15) is 12.1 Å². The molecule has 29 heavy (non-hydrogen) atoms. The third kappa shape index (κ3) is 4.31. The number of carbonyl (C=O) groups excluding carboxylic acids is 3. The number of nitrogens with zero attached hydrogens (tertiary/aromatic N) is 1. The van der Waals surface area contributed by atoms with Gasteiger partial charge in [0.05, 0.1) is 0 Å². The summed E-state index contributed by atoms with van der Waals surface area (Å²) in [7, 11) is 0. The normalized spacial score (nSPS) is 18.9. The topological polar surface area (TPSA) is 78.5 Å². The molecule has 4 amide bonds. The van der Waals surface area contributed by atoms with Crippen LogP contribution in [0.5, 0.6) is 0 Å². The van der Waals surface area contributed by atoms with Gasteiger partial charge in [0, 0.05) is 6.54 Å². The first-order chi connectivity index (χ1) is 13.7. The second-order valence-electron chi connectivity index (χ2n) is 7.99. The Kier molecular flexibility index (Phi) is 5.73. The smallest absolute Gasteiger partial charge is 0.325 e. The van der Waals surface area contributed by atoms with E-state index in [1.807, 2.05) is 55.5 Å². The van der Waals surface area contributed by atoms with Crippen LogP contribution in [0.15, 0.2) is 48.5 Å². The highest BCUT2D eigenvalue weighted by Gasteiger charge is 2.49. The number of hydrogen-bond donors (Lipinski definition) is 2. The molecule has 0 bridgehead atoms. The Morgan fingerprint density at radius 2 is 1.69 bits per heavy atom. The van der Waals surface area contributed by atoms with Gasteiger partial charge in [0.2, 0.25) is 5.91 Å². The Hall–Kier alpha value is -3.15. The van der Waals surface area contributed by atoms with Crippen molar-refractivity contribution in [2.45, 2.75) is 45.7 Å². The van der Waals surface area contributed by atoms with Gasteiger partial charge in [-0.1, -0.05) is 67.9 Å². The molecule has 0 spiro atoms. The van der Waals surface area contributed by atoms with E-state index in [1.54, 1.807) is 6.92 Å². The van der Waals surface area contributed by atoms with Gasteiger partial charge >= 0.3 is 6.03 Å². The van der Waals surface area contributed by atoms with Crippen molar-refractivity contribution in [1.29, 1.82) is 0 Å². The van der Waals surface area contributed by atoms with Crippen molar-refractivity contribution >= 4 is 17.8 Å². The van der Waals surface area contributed by atoms with Crippen LogP contribution in [0.3, 0.4) is 0 Å². The Labute approximate surface area is 171 Å². The number of nitrogens with one attached hydrogen (secondary N) is 2. The number of imide groups is 1. The number of carbonyl (C=O) groups is 3. The molecule has 152 valence electrons. The lowest BCUT2D eigenvalue weighted by Gasteiger charge is -2.22. The number of hydrogen-bond acceptors (Lipinski definition) is 3. The van der Waals surface area contributed by atoms with Crippen LogP contribution >= 0.6 is 0 Å².